The molecule has 0 aromatic rings. The molecule has 0 radical (unpaired) electrons. The number of nitrogens with zero attached hydrogens (tertiary/aromatic N) is 1. The lowest BCUT2D eigenvalue weighted by Gasteiger charge is -2.19. The SMILES string of the molecule is CCCN1CCCC(NCCCC(=O)OC)CC1. The van der Waals surface area contributed by atoms with Crippen molar-refractivity contribution in [3.05, 3.63) is 0 Å². The van der Waals surface area contributed by atoms with Gasteiger partial charge >= 0.3 is 5.97 Å². The average Bonchev–Trinajstić information content (AvgIpc) is 2.60. The molecule has 106 valence electrons. The number of likely N-dealkylation sites (tertiary alicyclic amines) is 1. The molecule has 4 nitrogen and oxygen atoms in total. The molecule has 0 bridgehead atoms. The fraction of sp³-hybridized carbons (Fsp3) is 0.929. The molecule has 1 rings (SSSR count). The molecule has 1 unspecified atom stereocenters. The number of ether oxygens (including phenoxy) is 1. The minimum absolute atomic E-state index is 0.105. The van der Waals surface area contributed by atoms with Crippen LogP contribution >= 0.6 is 0 Å². The van der Waals surface area contributed by atoms with Gasteiger partial charge in [-0.25, -0.2) is 0 Å². The normalized spacial score (nSPS) is 21.6. The van der Waals surface area contributed by atoms with Crippen molar-refractivity contribution in [1.82, 2.24) is 10.2 Å². The van der Waals surface area contributed by atoms with Crippen molar-refractivity contribution in [3.8, 4) is 0 Å². The number of carbonyl (C=O) groups is 1. The predicted molar refractivity (Wildman–Crippen MR) is 73.6 cm³/mol. The minimum Gasteiger partial charge on any atom is -0.469 e. The van der Waals surface area contributed by atoms with E-state index in [1.165, 1.54) is 52.4 Å². The van der Waals surface area contributed by atoms with Gasteiger partial charge in [-0.2, -0.15) is 0 Å². The molecule has 18 heavy (non-hydrogen) atoms. The van der Waals surface area contributed by atoms with Crippen LogP contribution in [0.15, 0.2) is 0 Å². The Morgan fingerprint density at radius 2 is 2.22 bits per heavy atom. The largest absolute Gasteiger partial charge is 0.469 e. The average molecular weight is 256 g/mol. The van der Waals surface area contributed by atoms with Crippen LogP contribution in [-0.2, 0) is 9.53 Å². The predicted octanol–water partition coefficient (Wildman–Crippen LogP) is 1.79. The Labute approximate surface area is 111 Å². The maximum Gasteiger partial charge on any atom is 0.305 e. The molecule has 4 heteroatoms. The Morgan fingerprint density at radius 3 is 2.94 bits per heavy atom. The molecule has 1 heterocycles. The van der Waals surface area contributed by atoms with Crippen molar-refractivity contribution in [2.75, 3.05) is 33.3 Å². The van der Waals surface area contributed by atoms with Crippen LogP contribution in [0.5, 0.6) is 0 Å². The zero-order valence-electron chi connectivity index (χ0n) is 11.9. The lowest BCUT2D eigenvalue weighted by molar-refractivity contribution is -0.140. The summed E-state index contributed by atoms with van der Waals surface area (Å²) in [7, 11) is 1.45. The summed E-state index contributed by atoms with van der Waals surface area (Å²) in [5.41, 5.74) is 0. The van der Waals surface area contributed by atoms with Gasteiger partial charge in [0, 0.05) is 12.5 Å². The number of hydrogen-bond acceptors (Lipinski definition) is 4. The summed E-state index contributed by atoms with van der Waals surface area (Å²) in [5, 5.41) is 3.57. The van der Waals surface area contributed by atoms with E-state index >= 15 is 0 Å². The van der Waals surface area contributed by atoms with Gasteiger partial charge in [-0.05, 0) is 58.3 Å². The van der Waals surface area contributed by atoms with Crippen LogP contribution in [0.1, 0.15) is 45.4 Å². The van der Waals surface area contributed by atoms with E-state index in [4.69, 9.17) is 0 Å². The van der Waals surface area contributed by atoms with E-state index in [0.717, 1.165) is 13.0 Å². The highest BCUT2D eigenvalue weighted by Crippen LogP contribution is 2.11. The summed E-state index contributed by atoms with van der Waals surface area (Å²) >= 11 is 0. The summed E-state index contributed by atoms with van der Waals surface area (Å²) in [5.74, 6) is -0.105. The highest BCUT2D eigenvalue weighted by Gasteiger charge is 2.15. The maximum atomic E-state index is 11.0. The van der Waals surface area contributed by atoms with Gasteiger partial charge in [0.25, 0.3) is 0 Å². The van der Waals surface area contributed by atoms with Crippen molar-refractivity contribution in [1.29, 1.82) is 0 Å². The first-order chi connectivity index (χ1) is 8.76. The minimum atomic E-state index is -0.105. The Kier molecular flexibility index (Phi) is 8.01. The molecule has 1 fully saturated rings. The van der Waals surface area contributed by atoms with Crippen LogP contribution in [0.2, 0.25) is 0 Å². The highest BCUT2D eigenvalue weighted by molar-refractivity contribution is 5.69. The van der Waals surface area contributed by atoms with Gasteiger partial charge in [0.2, 0.25) is 0 Å². The monoisotopic (exact) mass is 256 g/mol. The number of methoxy groups -OCH3 is 1. The van der Waals surface area contributed by atoms with E-state index in [0.29, 0.717) is 12.5 Å². The van der Waals surface area contributed by atoms with Gasteiger partial charge in [-0.15, -0.1) is 0 Å². The van der Waals surface area contributed by atoms with Gasteiger partial charge < -0.3 is 15.0 Å². The maximum absolute atomic E-state index is 11.0. The molecular weight excluding hydrogens is 228 g/mol. The smallest absolute Gasteiger partial charge is 0.305 e. The van der Waals surface area contributed by atoms with Gasteiger partial charge in [0.15, 0.2) is 0 Å². The third-order valence-corrected chi connectivity index (χ3v) is 3.58. The molecule has 0 aromatic carbocycles. The molecule has 0 aromatic heterocycles. The van der Waals surface area contributed by atoms with E-state index in [9.17, 15) is 4.79 Å². The lowest BCUT2D eigenvalue weighted by Crippen LogP contribution is -2.32. The Balaban J connectivity index is 2.10. The first-order valence-corrected chi connectivity index (χ1v) is 7.28. The number of carbonyl (C=O) groups excluding carboxylic acids is 1. The standard InChI is InChI=1S/C14H28N2O2/c1-3-10-16-11-5-6-13(8-12-16)15-9-4-7-14(17)18-2/h13,15H,3-12H2,1-2H3. The number of rotatable bonds is 7. The Hall–Kier alpha value is -0.610. The zero-order chi connectivity index (χ0) is 13.2. The third-order valence-electron chi connectivity index (χ3n) is 3.58. The van der Waals surface area contributed by atoms with Gasteiger partial charge in [0.05, 0.1) is 7.11 Å². The van der Waals surface area contributed by atoms with E-state index in [2.05, 4.69) is 21.9 Å². The first-order valence-electron chi connectivity index (χ1n) is 7.28. The second kappa shape index (κ2) is 9.34. The molecule has 0 amide bonds. The third kappa shape index (κ3) is 6.36. The molecule has 1 saturated heterocycles. The van der Waals surface area contributed by atoms with Crippen LogP contribution in [0, 0.1) is 0 Å². The molecule has 0 aliphatic carbocycles. The molecular formula is C14H28N2O2. The van der Waals surface area contributed by atoms with Crippen LogP contribution < -0.4 is 5.32 Å². The summed E-state index contributed by atoms with van der Waals surface area (Å²) in [6.07, 6.45) is 6.43. The van der Waals surface area contributed by atoms with Crippen LogP contribution in [-0.4, -0.2) is 50.2 Å². The fourth-order valence-electron chi connectivity index (χ4n) is 2.54. The molecule has 0 saturated carbocycles. The topological polar surface area (TPSA) is 41.6 Å². The van der Waals surface area contributed by atoms with Gasteiger partial charge in [0.1, 0.15) is 0 Å². The molecule has 1 aliphatic rings. The highest BCUT2D eigenvalue weighted by atomic mass is 16.5. The summed E-state index contributed by atoms with van der Waals surface area (Å²) in [6, 6.07) is 0.629. The number of esters is 1. The van der Waals surface area contributed by atoms with Crippen molar-refractivity contribution in [2.45, 2.75) is 51.5 Å². The summed E-state index contributed by atoms with van der Waals surface area (Å²) in [4.78, 5) is 13.5. The molecule has 0 spiro atoms. The number of nitrogens with one attached hydrogen (secondary N) is 1. The van der Waals surface area contributed by atoms with Crippen LogP contribution in [0.4, 0.5) is 0 Å². The zero-order valence-corrected chi connectivity index (χ0v) is 11.9. The van der Waals surface area contributed by atoms with E-state index in [1.54, 1.807) is 0 Å². The van der Waals surface area contributed by atoms with E-state index < -0.39 is 0 Å². The Morgan fingerprint density at radius 1 is 1.39 bits per heavy atom. The van der Waals surface area contributed by atoms with Gasteiger partial charge in [-0.3, -0.25) is 4.79 Å². The lowest BCUT2D eigenvalue weighted by atomic mass is 10.1. The Bertz CT molecular complexity index is 234. The molecule has 1 N–H and O–H groups in total. The second-order valence-electron chi connectivity index (χ2n) is 5.10. The quantitative estimate of drug-likeness (QED) is 0.557. The first kappa shape index (κ1) is 15.4. The van der Waals surface area contributed by atoms with Crippen molar-refractivity contribution >= 4 is 5.97 Å². The van der Waals surface area contributed by atoms with Crippen molar-refractivity contribution in [3.63, 3.8) is 0 Å². The fourth-order valence-corrected chi connectivity index (χ4v) is 2.54. The van der Waals surface area contributed by atoms with Crippen LogP contribution in [0.25, 0.3) is 0 Å². The number of hydrogen-bond donors (Lipinski definition) is 1. The van der Waals surface area contributed by atoms with Crippen LogP contribution in [0.3, 0.4) is 0 Å². The van der Waals surface area contributed by atoms with E-state index in [1.807, 2.05) is 0 Å². The molecule has 1 atom stereocenters. The van der Waals surface area contributed by atoms with Gasteiger partial charge in [-0.1, -0.05) is 6.92 Å². The van der Waals surface area contributed by atoms with Crippen molar-refractivity contribution < 1.29 is 9.53 Å². The second-order valence-corrected chi connectivity index (χ2v) is 5.10. The van der Waals surface area contributed by atoms with Crippen molar-refractivity contribution in [2.24, 2.45) is 0 Å². The molecule has 1 aliphatic heterocycles. The summed E-state index contributed by atoms with van der Waals surface area (Å²) < 4.78 is 4.63. The van der Waals surface area contributed by atoms with E-state index in [-0.39, 0.29) is 5.97 Å². The summed E-state index contributed by atoms with van der Waals surface area (Å²) in [6.45, 7) is 6.85.